The molecule has 0 radical (unpaired) electrons. The van der Waals surface area contributed by atoms with E-state index in [9.17, 15) is 14.7 Å². The van der Waals surface area contributed by atoms with Crippen LogP contribution in [-0.4, -0.2) is 53.1 Å². The monoisotopic (exact) mass is 518 g/mol. The number of methoxy groups -OCH3 is 1. The highest BCUT2D eigenvalue weighted by Gasteiger charge is 2.59. The third-order valence-corrected chi connectivity index (χ3v) is 8.97. The Labute approximate surface area is 224 Å². The Kier molecular flexibility index (Phi) is 7.05. The van der Waals surface area contributed by atoms with Gasteiger partial charge in [0.2, 0.25) is 5.91 Å². The third kappa shape index (κ3) is 4.39. The van der Waals surface area contributed by atoms with Gasteiger partial charge in [0.1, 0.15) is 0 Å². The lowest BCUT2D eigenvalue weighted by Gasteiger charge is -2.45. The fourth-order valence-corrected chi connectivity index (χ4v) is 6.37. The summed E-state index contributed by atoms with van der Waals surface area (Å²) in [5.41, 5.74) is 2.68. The molecule has 0 aromatic heterocycles. The van der Waals surface area contributed by atoms with Crippen molar-refractivity contribution in [2.75, 3.05) is 13.7 Å². The molecule has 8 nitrogen and oxygen atoms in total. The summed E-state index contributed by atoms with van der Waals surface area (Å²) in [7, 11) is 1.61. The first-order valence-electron chi connectivity index (χ1n) is 13.6. The molecular weight excluding hydrogens is 480 g/mol. The van der Waals surface area contributed by atoms with Crippen LogP contribution in [0.15, 0.2) is 48.5 Å². The van der Waals surface area contributed by atoms with Gasteiger partial charge in [-0.3, -0.25) is 19.9 Å². The van der Waals surface area contributed by atoms with Gasteiger partial charge in [-0.2, -0.15) is 0 Å². The molecule has 2 aromatic carbocycles. The minimum atomic E-state index is -0.656. The van der Waals surface area contributed by atoms with Gasteiger partial charge in [-0.15, -0.1) is 0 Å². The Hall–Kier alpha value is -3.23. The first kappa shape index (κ1) is 26.4. The van der Waals surface area contributed by atoms with E-state index in [0.29, 0.717) is 25.0 Å². The maximum atomic E-state index is 13.5. The van der Waals surface area contributed by atoms with Crippen molar-refractivity contribution in [3.05, 3.63) is 70.8 Å². The molecular formula is C30H38N4O4. The second kappa shape index (κ2) is 10.2. The number of hydrogen-bond donors (Lipinski definition) is 4. The van der Waals surface area contributed by atoms with Gasteiger partial charge in [-0.05, 0) is 60.9 Å². The number of fused-ring (bicyclic) bond motifs is 2. The Morgan fingerprint density at radius 2 is 1.95 bits per heavy atom. The summed E-state index contributed by atoms with van der Waals surface area (Å²) in [6.07, 6.45) is 3.50. The maximum absolute atomic E-state index is 13.5. The smallest absolute Gasteiger partial charge is 0.251 e. The number of nitrogens with one attached hydrogen (secondary N) is 3. The molecule has 0 bridgehead atoms. The molecule has 1 saturated carbocycles. The highest BCUT2D eigenvalue weighted by atomic mass is 16.5. The molecule has 1 heterocycles. The number of rotatable bonds is 9. The van der Waals surface area contributed by atoms with Gasteiger partial charge in [0.25, 0.3) is 5.91 Å². The zero-order chi connectivity index (χ0) is 27.1. The van der Waals surface area contributed by atoms with Crippen LogP contribution in [0.4, 0.5) is 0 Å². The molecule has 8 heteroatoms. The number of guanidine groups is 1. The zero-order valence-corrected chi connectivity index (χ0v) is 22.4. The van der Waals surface area contributed by atoms with Crippen LogP contribution in [0, 0.1) is 5.41 Å². The molecule has 3 aliphatic rings. The van der Waals surface area contributed by atoms with E-state index >= 15 is 0 Å². The maximum Gasteiger partial charge on any atom is 0.251 e. The molecule has 2 aliphatic carbocycles. The van der Waals surface area contributed by atoms with Crippen LogP contribution >= 0.6 is 0 Å². The molecule has 5 rings (SSSR count). The third-order valence-electron chi connectivity index (χ3n) is 8.97. The van der Waals surface area contributed by atoms with Crippen molar-refractivity contribution in [1.82, 2.24) is 15.5 Å². The predicted octanol–water partition coefficient (Wildman–Crippen LogP) is 3.96. The van der Waals surface area contributed by atoms with Crippen molar-refractivity contribution in [2.45, 2.75) is 81.5 Å². The van der Waals surface area contributed by atoms with Gasteiger partial charge >= 0.3 is 0 Å². The fourth-order valence-electron chi connectivity index (χ4n) is 6.37. The number of ether oxygens (including phenoxy) is 1. The normalized spacial score (nSPS) is 23.6. The SMILES string of the molecule is CCC1(CC)CC(=O)N([C@H](CCOC)c2cccc(C(=O)N[C@H]3c4ccccc4C4(CC4)[C@@H]3O)c2)C(=N)N1. The number of hydrogen-bond acceptors (Lipinski definition) is 5. The minimum Gasteiger partial charge on any atom is -0.390 e. The van der Waals surface area contributed by atoms with Crippen molar-refractivity contribution < 1.29 is 19.4 Å². The van der Waals surface area contributed by atoms with Gasteiger partial charge < -0.3 is 20.5 Å². The van der Waals surface area contributed by atoms with Crippen LogP contribution in [0.2, 0.25) is 0 Å². The largest absolute Gasteiger partial charge is 0.390 e. The molecule has 1 aliphatic heterocycles. The molecule has 1 spiro atoms. The molecule has 2 amide bonds. The topological polar surface area (TPSA) is 115 Å². The van der Waals surface area contributed by atoms with Gasteiger partial charge in [0.15, 0.2) is 5.96 Å². The van der Waals surface area contributed by atoms with E-state index in [0.717, 1.165) is 42.4 Å². The second-order valence-electron chi connectivity index (χ2n) is 11.0. The van der Waals surface area contributed by atoms with Gasteiger partial charge in [0.05, 0.1) is 24.6 Å². The lowest BCUT2D eigenvalue weighted by atomic mass is 9.86. The molecule has 2 aromatic rings. The van der Waals surface area contributed by atoms with Crippen molar-refractivity contribution in [3.63, 3.8) is 0 Å². The number of amides is 2. The first-order valence-corrected chi connectivity index (χ1v) is 13.6. The van der Waals surface area contributed by atoms with Crippen LogP contribution in [0.5, 0.6) is 0 Å². The van der Waals surface area contributed by atoms with E-state index in [4.69, 9.17) is 10.1 Å². The molecule has 1 saturated heterocycles. The number of benzene rings is 2. The summed E-state index contributed by atoms with van der Waals surface area (Å²) in [6.45, 7) is 4.46. The van der Waals surface area contributed by atoms with Crippen LogP contribution < -0.4 is 10.6 Å². The number of carbonyl (C=O) groups excluding carboxylic acids is 2. The standard InChI is InChI=1S/C30H38N4O4/c1-4-29(5-2)18-24(35)34(28(31)33-29)23(13-16-38-3)19-9-8-10-20(17-19)27(37)32-25-21-11-6-7-12-22(21)30(14-15-30)26(25)36/h6-12,17,23,25-26,36H,4-5,13-16,18H2,1-3H3,(H2,31,33)(H,32,37)/t23-,25+,26-/m1/s1. The predicted molar refractivity (Wildman–Crippen MR) is 145 cm³/mol. The lowest BCUT2D eigenvalue weighted by molar-refractivity contribution is -0.133. The van der Waals surface area contributed by atoms with E-state index < -0.39 is 23.7 Å². The van der Waals surface area contributed by atoms with Gasteiger partial charge in [-0.25, -0.2) is 0 Å². The van der Waals surface area contributed by atoms with E-state index in [-0.39, 0.29) is 23.2 Å². The van der Waals surface area contributed by atoms with E-state index in [2.05, 4.69) is 16.7 Å². The van der Waals surface area contributed by atoms with Crippen molar-refractivity contribution >= 4 is 17.8 Å². The number of carbonyl (C=O) groups is 2. The zero-order valence-electron chi connectivity index (χ0n) is 22.4. The van der Waals surface area contributed by atoms with Gasteiger partial charge in [0, 0.05) is 30.2 Å². The van der Waals surface area contributed by atoms with E-state index in [1.807, 2.05) is 38.1 Å². The lowest BCUT2D eigenvalue weighted by Crippen LogP contribution is -2.62. The van der Waals surface area contributed by atoms with Crippen molar-refractivity contribution in [1.29, 1.82) is 5.41 Å². The molecule has 0 unspecified atom stereocenters. The highest BCUT2D eigenvalue weighted by molar-refractivity contribution is 6.00. The summed E-state index contributed by atoms with van der Waals surface area (Å²) in [6, 6.07) is 14.3. The van der Waals surface area contributed by atoms with Crippen molar-refractivity contribution in [2.24, 2.45) is 0 Å². The number of nitrogens with zero attached hydrogens (tertiary/aromatic N) is 1. The first-order chi connectivity index (χ1) is 18.3. The van der Waals surface area contributed by atoms with Gasteiger partial charge in [-0.1, -0.05) is 50.2 Å². The minimum absolute atomic E-state index is 0.0846. The summed E-state index contributed by atoms with van der Waals surface area (Å²) in [4.78, 5) is 28.4. The van der Waals surface area contributed by atoms with Crippen LogP contribution in [0.3, 0.4) is 0 Å². The van der Waals surface area contributed by atoms with E-state index in [1.54, 1.807) is 25.3 Å². The Morgan fingerprint density at radius 1 is 1.21 bits per heavy atom. The average molecular weight is 519 g/mol. The summed E-state index contributed by atoms with van der Waals surface area (Å²) < 4.78 is 5.34. The highest BCUT2D eigenvalue weighted by Crippen LogP contribution is 2.60. The molecule has 3 atom stereocenters. The molecule has 4 N–H and O–H groups in total. The Morgan fingerprint density at radius 3 is 2.61 bits per heavy atom. The molecule has 202 valence electrons. The second-order valence-corrected chi connectivity index (χ2v) is 11.0. The molecule has 2 fully saturated rings. The fraction of sp³-hybridized carbons (Fsp3) is 0.500. The van der Waals surface area contributed by atoms with Crippen molar-refractivity contribution in [3.8, 4) is 0 Å². The number of aliphatic hydroxyl groups is 1. The number of aliphatic hydroxyl groups excluding tert-OH is 1. The Balaban J connectivity index is 1.40. The average Bonchev–Trinajstić information content (AvgIpc) is 3.71. The summed E-state index contributed by atoms with van der Waals surface area (Å²) in [5.74, 6) is -0.293. The van der Waals surface area contributed by atoms with Crippen LogP contribution in [0.1, 0.15) is 91.5 Å². The molecule has 38 heavy (non-hydrogen) atoms. The van der Waals surface area contributed by atoms with Crippen LogP contribution in [0.25, 0.3) is 0 Å². The van der Waals surface area contributed by atoms with Crippen LogP contribution in [-0.2, 0) is 14.9 Å². The summed E-state index contributed by atoms with van der Waals surface area (Å²) in [5, 5.41) is 26.2. The van der Waals surface area contributed by atoms with E-state index in [1.165, 1.54) is 4.90 Å². The summed E-state index contributed by atoms with van der Waals surface area (Å²) >= 11 is 0. The Bertz CT molecular complexity index is 1220. The quantitative estimate of drug-likeness (QED) is 0.401.